The summed E-state index contributed by atoms with van der Waals surface area (Å²) in [6, 6.07) is 22.0. The fourth-order valence-corrected chi connectivity index (χ4v) is 5.71. The minimum atomic E-state index is -3.91. The van der Waals surface area contributed by atoms with E-state index in [2.05, 4.69) is 22.3 Å². The first-order valence-electron chi connectivity index (χ1n) is 12.0. The number of nitrogens with zero attached hydrogens (tertiary/aromatic N) is 2. The average Bonchev–Trinajstić information content (AvgIpc) is 3.35. The van der Waals surface area contributed by atoms with E-state index in [1.165, 1.54) is 22.7 Å². The van der Waals surface area contributed by atoms with Crippen LogP contribution < -0.4 is 9.62 Å². The molecule has 0 atom stereocenters. The minimum absolute atomic E-state index is 0.158. The minimum Gasteiger partial charge on any atom is -0.350 e. The van der Waals surface area contributed by atoms with E-state index in [0.717, 1.165) is 36.3 Å². The summed E-state index contributed by atoms with van der Waals surface area (Å²) < 4.78 is 28.2. The van der Waals surface area contributed by atoms with Gasteiger partial charge in [0.2, 0.25) is 5.91 Å². The molecular weight excluding hydrogens is 458 g/mol. The molecule has 0 aromatic heterocycles. The van der Waals surface area contributed by atoms with Crippen LogP contribution in [0.4, 0.5) is 5.69 Å². The zero-order valence-electron chi connectivity index (χ0n) is 20.4. The molecule has 184 valence electrons. The van der Waals surface area contributed by atoms with Crippen molar-refractivity contribution in [1.82, 2.24) is 10.2 Å². The maximum absolute atomic E-state index is 13.5. The van der Waals surface area contributed by atoms with Crippen molar-refractivity contribution in [2.24, 2.45) is 0 Å². The molecule has 1 amide bonds. The second-order valence-corrected chi connectivity index (χ2v) is 11.1. The molecule has 3 aromatic rings. The molecule has 4 rings (SSSR count). The molecule has 1 aliphatic rings. The molecule has 0 unspecified atom stereocenters. The first kappa shape index (κ1) is 24.9. The number of sulfonamides is 1. The maximum atomic E-state index is 13.5. The normalized spacial score (nSPS) is 14.1. The second-order valence-electron chi connectivity index (χ2n) is 9.24. The van der Waals surface area contributed by atoms with E-state index < -0.39 is 10.0 Å². The predicted molar refractivity (Wildman–Crippen MR) is 140 cm³/mol. The molecule has 0 radical (unpaired) electrons. The summed E-state index contributed by atoms with van der Waals surface area (Å²) in [5.74, 6) is -0.355. The first-order valence-corrected chi connectivity index (χ1v) is 13.5. The number of rotatable bonds is 9. The lowest BCUT2D eigenvalue weighted by Gasteiger charge is -2.24. The van der Waals surface area contributed by atoms with Crippen LogP contribution in [0.1, 0.15) is 35.1 Å². The Bertz CT molecular complexity index is 1250. The van der Waals surface area contributed by atoms with Crippen molar-refractivity contribution >= 4 is 21.6 Å². The summed E-state index contributed by atoms with van der Waals surface area (Å²) >= 11 is 0. The Morgan fingerprint density at radius 1 is 0.886 bits per heavy atom. The molecule has 35 heavy (non-hydrogen) atoms. The van der Waals surface area contributed by atoms with Gasteiger partial charge in [0.05, 0.1) is 10.6 Å². The Balaban J connectivity index is 1.47. The van der Waals surface area contributed by atoms with Crippen molar-refractivity contribution < 1.29 is 13.2 Å². The van der Waals surface area contributed by atoms with Gasteiger partial charge in [-0.2, -0.15) is 0 Å². The van der Waals surface area contributed by atoms with Gasteiger partial charge in [0, 0.05) is 13.1 Å². The number of carbonyl (C=O) groups excluding carboxylic acids is 1. The molecule has 0 saturated carbocycles. The molecular formula is C28H33N3O3S. The van der Waals surface area contributed by atoms with E-state index in [4.69, 9.17) is 0 Å². The van der Waals surface area contributed by atoms with E-state index in [0.29, 0.717) is 12.2 Å². The molecule has 1 aliphatic heterocycles. The van der Waals surface area contributed by atoms with E-state index in [1.54, 1.807) is 36.4 Å². The van der Waals surface area contributed by atoms with Crippen LogP contribution in [0, 0.1) is 13.8 Å². The molecule has 6 nitrogen and oxygen atoms in total. The van der Waals surface area contributed by atoms with Gasteiger partial charge in [0.25, 0.3) is 10.0 Å². The van der Waals surface area contributed by atoms with Crippen LogP contribution >= 0.6 is 0 Å². The van der Waals surface area contributed by atoms with Crippen LogP contribution in [0.15, 0.2) is 77.7 Å². The van der Waals surface area contributed by atoms with Crippen LogP contribution in [0.25, 0.3) is 0 Å². The monoisotopic (exact) mass is 491 g/mol. The van der Waals surface area contributed by atoms with Crippen LogP contribution in [0.3, 0.4) is 0 Å². The van der Waals surface area contributed by atoms with Gasteiger partial charge in [0.1, 0.15) is 6.54 Å². The molecule has 1 saturated heterocycles. The number of hydrogen-bond donors (Lipinski definition) is 1. The van der Waals surface area contributed by atoms with Gasteiger partial charge in [-0.1, -0.05) is 59.7 Å². The fraction of sp³-hybridized carbons (Fsp3) is 0.321. The molecule has 3 aromatic carbocycles. The van der Waals surface area contributed by atoms with Gasteiger partial charge in [0.15, 0.2) is 0 Å². The van der Waals surface area contributed by atoms with Gasteiger partial charge in [-0.3, -0.25) is 14.0 Å². The van der Waals surface area contributed by atoms with Crippen LogP contribution in [0.2, 0.25) is 0 Å². The highest BCUT2D eigenvalue weighted by atomic mass is 32.2. The molecule has 7 heteroatoms. The number of likely N-dealkylation sites (tertiary alicyclic amines) is 1. The summed E-state index contributed by atoms with van der Waals surface area (Å²) in [4.78, 5) is 15.5. The highest BCUT2D eigenvalue weighted by molar-refractivity contribution is 7.92. The summed E-state index contributed by atoms with van der Waals surface area (Å²) in [6.45, 7) is 7.06. The summed E-state index contributed by atoms with van der Waals surface area (Å²) in [7, 11) is -3.91. The van der Waals surface area contributed by atoms with E-state index >= 15 is 0 Å². The smallest absolute Gasteiger partial charge is 0.264 e. The van der Waals surface area contributed by atoms with Gasteiger partial charge >= 0.3 is 0 Å². The molecule has 0 spiro atoms. The lowest BCUT2D eigenvalue weighted by Crippen LogP contribution is -2.40. The zero-order valence-corrected chi connectivity index (χ0v) is 21.2. The molecule has 0 aliphatic carbocycles. The third-order valence-electron chi connectivity index (χ3n) is 6.30. The topological polar surface area (TPSA) is 69.7 Å². The standard InChI is InChI=1S/C28H33N3O3S/c1-22-8-12-26(13-9-22)31(35(33,34)27-14-10-23(2)11-15-27)21-28(32)29-19-24-6-5-7-25(18-24)20-30-16-3-4-17-30/h5-15,18H,3-4,16-17,19-21H2,1-2H3,(H,29,32). The van der Waals surface area contributed by atoms with Gasteiger partial charge in [-0.15, -0.1) is 0 Å². The Hall–Kier alpha value is -3.16. The van der Waals surface area contributed by atoms with E-state index in [-0.39, 0.29) is 17.3 Å². The number of anilines is 1. The third kappa shape index (κ3) is 6.50. The van der Waals surface area contributed by atoms with Crippen LogP contribution in [0.5, 0.6) is 0 Å². The van der Waals surface area contributed by atoms with Crippen molar-refractivity contribution in [3.8, 4) is 0 Å². The lowest BCUT2D eigenvalue weighted by molar-refractivity contribution is -0.119. The van der Waals surface area contributed by atoms with Crippen LogP contribution in [-0.2, 0) is 27.9 Å². The SMILES string of the molecule is Cc1ccc(N(CC(=O)NCc2cccc(CN3CCCC3)c2)S(=O)(=O)c2ccc(C)cc2)cc1. The largest absolute Gasteiger partial charge is 0.350 e. The number of aryl methyl sites for hydroxylation is 2. The molecule has 1 fully saturated rings. The molecule has 0 bridgehead atoms. The van der Waals surface area contributed by atoms with Crippen molar-refractivity contribution in [2.45, 2.75) is 44.7 Å². The fourth-order valence-electron chi connectivity index (χ4n) is 4.29. The number of amides is 1. The van der Waals surface area contributed by atoms with Gasteiger partial charge < -0.3 is 5.32 Å². The molecule has 1 heterocycles. The van der Waals surface area contributed by atoms with E-state index in [9.17, 15) is 13.2 Å². The van der Waals surface area contributed by atoms with Crippen LogP contribution in [-0.4, -0.2) is 38.9 Å². The highest BCUT2D eigenvalue weighted by Gasteiger charge is 2.27. The van der Waals surface area contributed by atoms with Gasteiger partial charge in [-0.05, 0) is 75.2 Å². The number of benzene rings is 3. The number of carbonyl (C=O) groups is 1. The summed E-state index contributed by atoms with van der Waals surface area (Å²) in [5, 5.41) is 2.91. The average molecular weight is 492 g/mol. The lowest BCUT2D eigenvalue weighted by atomic mass is 10.1. The predicted octanol–water partition coefficient (Wildman–Crippen LogP) is 4.41. The number of nitrogens with one attached hydrogen (secondary N) is 1. The number of hydrogen-bond acceptors (Lipinski definition) is 4. The maximum Gasteiger partial charge on any atom is 0.264 e. The first-order chi connectivity index (χ1) is 16.8. The Labute approximate surface area is 208 Å². The summed E-state index contributed by atoms with van der Waals surface area (Å²) in [6.07, 6.45) is 2.50. The van der Waals surface area contributed by atoms with Crippen molar-refractivity contribution in [2.75, 3.05) is 23.9 Å². The van der Waals surface area contributed by atoms with Crippen molar-refractivity contribution in [3.05, 3.63) is 95.1 Å². The molecule has 1 N–H and O–H groups in total. The Kier molecular flexibility index (Phi) is 7.88. The zero-order chi connectivity index (χ0) is 24.8. The Morgan fingerprint density at radius 2 is 1.49 bits per heavy atom. The highest BCUT2D eigenvalue weighted by Crippen LogP contribution is 2.24. The van der Waals surface area contributed by atoms with Crippen molar-refractivity contribution in [3.63, 3.8) is 0 Å². The Morgan fingerprint density at radius 3 is 2.14 bits per heavy atom. The summed E-state index contributed by atoms with van der Waals surface area (Å²) in [5.41, 5.74) is 4.66. The van der Waals surface area contributed by atoms with E-state index in [1.807, 2.05) is 38.1 Å². The second kappa shape index (κ2) is 11.1. The quantitative estimate of drug-likeness (QED) is 0.481. The van der Waals surface area contributed by atoms with Gasteiger partial charge in [-0.25, -0.2) is 8.42 Å². The van der Waals surface area contributed by atoms with Crippen molar-refractivity contribution in [1.29, 1.82) is 0 Å². The third-order valence-corrected chi connectivity index (χ3v) is 8.09.